The molecule has 36 heavy (non-hydrogen) atoms. The number of amides is 2. The van der Waals surface area contributed by atoms with Gasteiger partial charge in [-0.1, -0.05) is 44.2 Å². The SMILES string of the molecule is CC(C)C(=O)N1CCN(c2ccc(C3(C(=O)N4CCC5(C4)OC(=O)c4ccccc45)CC3)cc2)CC1. The van der Waals surface area contributed by atoms with Gasteiger partial charge in [0, 0.05) is 56.3 Å². The highest BCUT2D eigenvalue weighted by atomic mass is 16.6. The van der Waals surface area contributed by atoms with Crippen LogP contribution < -0.4 is 4.90 Å². The molecule has 1 aliphatic carbocycles. The smallest absolute Gasteiger partial charge is 0.339 e. The van der Waals surface area contributed by atoms with Gasteiger partial charge in [-0.2, -0.15) is 0 Å². The van der Waals surface area contributed by atoms with E-state index in [9.17, 15) is 14.4 Å². The number of ether oxygens (including phenoxy) is 1. The zero-order valence-corrected chi connectivity index (χ0v) is 21.0. The van der Waals surface area contributed by atoms with Crippen LogP contribution in [-0.2, 0) is 25.3 Å². The van der Waals surface area contributed by atoms with Crippen LogP contribution in [0.4, 0.5) is 5.69 Å². The first-order valence-electron chi connectivity index (χ1n) is 13.1. The van der Waals surface area contributed by atoms with Crippen LogP contribution >= 0.6 is 0 Å². The van der Waals surface area contributed by atoms with Crippen LogP contribution in [0.2, 0.25) is 0 Å². The summed E-state index contributed by atoms with van der Waals surface area (Å²) in [6.45, 7) is 8.04. The molecule has 6 rings (SSSR count). The van der Waals surface area contributed by atoms with Crippen LogP contribution in [-0.4, -0.2) is 66.9 Å². The minimum atomic E-state index is -0.706. The Morgan fingerprint density at radius 1 is 0.861 bits per heavy atom. The fraction of sp³-hybridized carbons (Fsp3) is 0.483. The van der Waals surface area contributed by atoms with Gasteiger partial charge in [0.1, 0.15) is 0 Å². The number of carbonyl (C=O) groups is 3. The Labute approximate surface area is 212 Å². The predicted octanol–water partition coefficient (Wildman–Crippen LogP) is 3.32. The molecule has 2 saturated heterocycles. The van der Waals surface area contributed by atoms with Crippen LogP contribution in [0.15, 0.2) is 48.5 Å². The van der Waals surface area contributed by atoms with E-state index in [4.69, 9.17) is 4.74 Å². The highest BCUT2D eigenvalue weighted by Gasteiger charge is 2.57. The van der Waals surface area contributed by atoms with E-state index < -0.39 is 11.0 Å². The van der Waals surface area contributed by atoms with Gasteiger partial charge in [0.15, 0.2) is 5.60 Å². The minimum Gasteiger partial charge on any atom is -0.449 e. The number of fused-ring (bicyclic) bond motifs is 2. The van der Waals surface area contributed by atoms with Crippen LogP contribution in [0.5, 0.6) is 0 Å². The molecule has 3 heterocycles. The van der Waals surface area contributed by atoms with Crippen molar-refractivity contribution in [2.75, 3.05) is 44.2 Å². The van der Waals surface area contributed by atoms with Gasteiger partial charge in [0.05, 0.1) is 17.5 Å². The molecule has 0 N–H and O–H groups in total. The molecule has 0 bridgehead atoms. The maximum Gasteiger partial charge on any atom is 0.339 e. The molecular weight excluding hydrogens is 454 g/mol. The van der Waals surface area contributed by atoms with Crippen LogP contribution in [0, 0.1) is 5.92 Å². The molecule has 1 spiro atoms. The standard InChI is InChI=1S/C29H33N3O4/c1-20(2)25(33)31-17-15-30(16-18-31)22-9-7-21(8-10-22)28(11-12-28)27(35)32-14-13-29(19-32)24-6-4-3-5-23(24)26(34)36-29/h3-10,20H,11-19H2,1-2H3. The maximum atomic E-state index is 13.7. The number of likely N-dealkylation sites (tertiary alicyclic amines) is 1. The average Bonchev–Trinajstić information content (AvgIpc) is 3.54. The lowest BCUT2D eigenvalue weighted by molar-refractivity contribution is -0.135. The van der Waals surface area contributed by atoms with E-state index in [1.165, 1.54) is 0 Å². The lowest BCUT2D eigenvalue weighted by atomic mass is 9.91. The fourth-order valence-corrected chi connectivity index (χ4v) is 6.20. The monoisotopic (exact) mass is 487 g/mol. The van der Waals surface area contributed by atoms with E-state index >= 15 is 0 Å². The van der Waals surface area contributed by atoms with E-state index in [0.717, 1.165) is 55.8 Å². The molecule has 2 amide bonds. The first kappa shape index (κ1) is 23.1. The first-order chi connectivity index (χ1) is 17.3. The van der Waals surface area contributed by atoms with Gasteiger partial charge in [-0.3, -0.25) is 9.59 Å². The van der Waals surface area contributed by atoms with Gasteiger partial charge in [-0.15, -0.1) is 0 Å². The molecular formula is C29H33N3O4. The zero-order valence-electron chi connectivity index (χ0n) is 21.0. The second kappa shape index (κ2) is 8.36. The third-order valence-corrected chi connectivity index (χ3v) is 8.47. The minimum absolute atomic E-state index is 0.0315. The molecule has 7 nitrogen and oxygen atoms in total. The summed E-state index contributed by atoms with van der Waals surface area (Å²) in [5, 5.41) is 0. The van der Waals surface area contributed by atoms with E-state index in [1.54, 1.807) is 0 Å². The number of benzene rings is 2. The Morgan fingerprint density at radius 3 is 2.22 bits per heavy atom. The Hall–Kier alpha value is -3.35. The highest BCUT2D eigenvalue weighted by molar-refractivity contribution is 5.96. The Bertz CT molecular complexity index is 1210. The van der Waals surface area contributed by atoms with Crippen molar-refractivity contribution >= 4 is 23.5 Å². The van der Waals surface area contributed by atoms with E-state index in [0.29, 0.717) is 25.1 Å². The number of hydrogen-bond acceptors (Lipinski definition) is 5. The third-order valence-electron chi connectivity index (χ3n) is 8.47. The summed E-state index contributed by atoms with van der Waals surface area (Å²) in [7, 11) is 0. The van der Waals surface area contributed by atoms with Gasteiger partial charge in [0.25, 0.3) is 0 Å². The molecule has 1 atom stereocenters. The van der Waals surface area contributed by atoms with Crippen molar-refractivity contribution < 1.29 is 19.1 Å². The largest absolute Gasteiger partial charge is 0.449 e. The van der Waals surface area contributed by atoms with Crippen molar-refractivity contribution in [3.8, 4) is 0 Å². The molecule has 4 aliphatic rings. The third kappa shape index (κ3) is 3.59. The van der Waals surface area contributed by atoms with Crippen molar-refractivity contribution in [1.82, 2.24) is 9.80 Å². The van der Waals surface area contributed by atoms with Gasteiger partial charge >= 0.3 is 5.97 Å². The number of anilines is 1. The number of esters is 1. The quantitative estimate of drug-likeness (QED) is 0.619. The lowest BCUT2D eigenvalue weighted by Gasteiger charge is -2.37. The lowest BCUT2D eigenvalue weighted by Crippen LogP contribution is -2.49. The summed E-state index contributed by atoms with van der Waals surface area (Å²) in [6.07, 6.45) is 2.34. The fourth-order valence-electron chi connectivity index (χ4n) is 6.20. The molecule has 3 aliphatic heterocycles. The number of carbonyl (C=O) groups excluding carboxylic acids is 3. The predicted molar refractivity (Wildman–Crippen MR) is 136 cm³/mol. The first-order valence-corrected chi connectivity index (χ1v) is 13.1. The molecule has 1 unspecified atom stereocenters. The Kier molecular flexibility index (Phi) is 5.36. The molecule has 2 aromatic rings. The topological polar surface area (TPSA) is 70.2 Å². The molecule has 0 aromatic heterocycles. The van der Waals surface area contributed by atoms with Crippen LogP contribution in [0.1, 0.15) is 54.6 Å². The number of piperazine rings is 1. The normalized spacial score (nSPS) is 24.3. The molecule has 3 fully saturated rings. The number of hydrogen-bond donors (Lipinski definition) is 0. The summed E-state index contributed by atoms with van der Waals surface area (Å²) in [4.78, 5) is 44.6. The van der Waals surface area contributed by atoms with Crippen LogP contribution in [0.25, 0.3) is 0 Å². The van der Waals surface area contributed by atoms with Crippen molar-refractivity contribution in [1.29, 1.82) is 0 Å². The molecule has 2 aromatic carbocycles. The summed E-state index contributed by atoms with van der Waals surface area (Å²) >= 11 is 0. The average molecular weight is 488 g/mol. The maximum absolute atomic E-state index is 13.7. The van der Waals surface area contributed by atoms with Crippen molar-refractivity contribution in [2.24, 2.45) is 5.92 Å². The van der Waals surface area contributed by atoms with Gasteiger partial charge in [0.2, 0.25) is 11.8 Å². The summed E-state index contributed by atoms with van der Waals surface area (Å²) in [5.74, 6) is 0.113. The van der Waals surface area contributed by atoms with Crippen molar-refractivity contribution in [2.45, 2.75) is 44.1 Å². The van der Waals surface area contributed by atoms with Crippen molar-refractivity contribution in [3.05, 3.63) is 65.2 Å². The summed E-state index contributed by atoms with van der Waals surface area (Å²) in [6, 6.07) is 16.0. The molecule has 188 valence electrons. The summed E-state index contributed by atoms with van der Waals surface area (Å²) < 4.78 is 5.85. The van der Waals surface area contributed by atoms with Gasteiger partial charge in [-0.25, -0.2) is 4.79 Å². The number of nitrogens with zero attached hydrogens (tertiary/aromatic N) is 3. The van der Waals surface area contributed by atoms with E-state index in [1.807, 2.05) is 47.9 Å². The van der Waals surface area contributed by atoms with Crippen LogP contribution in [0.3, 0.4) is 0 Å². The highest BCUT2D eigenvalue weighted by Crippen LogP contribution is 2.52. The Balaban J connectivity index is 1.13. The molecule has 7 heteroatoms. The van der Waals surface area contributed by atoms with E-state index in [2.05, 4.69) is 29.2 Å². The zero-order chi connectivity index (χ0) is 25.1. The molecule has 1 saturated carbocycles. The summed E-state index contributed by atoms with van der Waals surface area (Å²) in [5.41, 5.74) is 2.56. The Morgan fingerprint density at radius 2 is 1.56 bits per heavy atom. The van der Waals surface area contributed by atoms with E-state index in [-0.39, 0.29) is 23.7 Å². The second-order valence-corrected chi connectivity index (χ2v) is 11.0. The van der Waals surface area contributed by atoms with Crippen molar-refractivity contribution in [3.63, 3.8) is 0 Å². The van der Waals surface area contributed by atoms with Gasteiger partial charge < -0.3 is 19.4 Å². The molecule has 0 radical (unpaired) electrons. The second-order valence-electron chi connectivity index (χ2n) is 11.0. The number of rotatable bonds is 4. The van der Waals surface area contributed by atoms with Gasteiger partial charge in [-0.05, 0) is 36.6 Å².